The maximum atomic E-state index is 8.43. The fraction of sp³-hybridized carbons (Fsp3) is 0.417. The summed E-state index contributed by atoms with van der Waals surface area (Å²) in [5.41, 5.74) is 0. The van der Waals surface area contributed by atoms with E-state index in [1.807, 2.05) is 24.3 Å². The molecule has 1 aliphatic heterocycles. The van der Waals surface area contributed by atoms with Crippen molar-refractivity contribution in [2.75, 3.05) is 6.61 Å². The summed E-state index contributed by atoms with van der Waals surface area (Å²) < 4.78 is 11.3. The van der Waals surface area contributed by atoms with Crippen LogP contribution in [0.5, 0.6) is 11.5 Å². The number of fused-ring (bicyclic) bond motifs is 1. The summed E-state index contributed by atoms with van der Waals surface area (Å²) in [4.78, 5) is 0. The smallest absolute Gasteiger partial charge is 0.161 e. The second-order valence-corrected chi connectivity index (χ2v) is 3.55. The number of para-hydroxylation sites is 2. The van der Waals surface area contributed by atoms with Crippen LogP contribution >= 0.6 is 0 Å². The van der Waals surface area contributed by atoms with E-state index < -0.39 is 0 Å². The Morgan fingerprint density at radius 2 is 2.13 bits per heavy atom. The van der Waals surface area contributed by atoms with Gasteiger partial charge in [-0.15, -0.1) is 0 Å². The second kappa shape index (κ2) is 4.70. The molecular weight excluding hydrogens is 190 g/mol. The summed E-state index contributed by atoms with van der Waals surface area (Å²) in [5.74, 6) is 1.62. The molecule has 0 aromatic heterocycles. The Labute approximate surface area is 89.2 Å². The van der Waals surface area contributed by atoms with Crippen molar-refractivity contribution < 1.29 is 9.47 Å². The number of nitrogens with zero attached hydrogens (tertiary/aromatic N) is 1. The van der Waals surface area contributed by atoms with Gasteiger partial charge in [0.05, 0.1) is 6.07 Å². The highest BCUT2D eigenvalue weighted by atomic mass is 16.6. The molecule has 0 fully saturated rings. The maximum absolute atomic E-state index is 8.43. The van der Waals surface area contributed by atoms with Crippen molar-refractivity contribution in [2.24, 2.45) is 0 Å². The highest BCUT2D eigenvalue weighted by Gasteiger charge is 2.19. The zero-order valence-corrected chi connectivity index (χ0v) is 8.48. The highest BCUT2D eigenvalue weighted by molar-refractivity contribution is 5.40. The van der Waals surface area contributed by atoms with E-state index in [1.165, 1.54) is 0 Å². The van der Waals surface area contributed by atoms with Crippen LogP contribution in [0.2, 0.25) is 0 Å². The number of unbranched alkanes of at least 4 members (excludes halogenated alkanes) is 1. The predicted octanol–water partition coefficient (Wildman–Crippen LogP) is 2.52. The number of hydrogen-bond donors (Lipinski definition) is 0. The number of nitriles is 1. The van der Waals surface area contributed by atoms with Crippen molar-refractivity contribution in [1.29, 1.82) is 5.26 Å². The first kappa shape index (κ1) is 9.85. The van der Waals surface area contributed by atoms with Crippen LogP contribution in [0.15, 0.2) is 24.3 Å². The molecule has 0 saturated heterocycles. The number of hydrogen-bond acceptors (Lipinski definition) is 3. The van der Waals surface area contributed by atoms with Gasteiger partial charge in [-0.25, -0.2) is 0 Å². The molecule has 78 valence electrons. The van der Waals surface area contributed by atoms with Gasteiger partial charge in [0.2, 0.25) is 0 Å². The molecule has 2 rings (SSSR count). The molecule has 0 saturated carbocycles. The van der Waals surface area contributed by atoms with Gasteiger partial charge in [-0.3, -0.25) is 0 Å². The monoisotopic (exact) mass is 203 g/mol. The van der Waals surface area contributed by atoms with Crippen molar-refractivity contribution in [1.82, 2.24) is 0 Å². The molecule has 3 heteroatoms. The number of benzene rings is 1. The molecule has 1 aliphatic rings. The van der Waals surface area contributed by atoms with Gasteiger partial charge >= 0.3 is 0 Å². The van der Waals surface area contributed by atoms with Crippen molar-refractivity contribution in [3.8, 4) is 17.6 Å². The van der Waals surface area contributed by atoms with Gasteiger partial charge < -0.3 is 9.47 Å². The zero-order chi connectivity index (χ0) is 10.5. The average Bonchev–Trinajstić information content (AvgIpc) is 2.29. The third-order valence-corrected chi connectivity index (χ3v) is 2.38. The molecule has 0 N–H and O–H groups in total. The Balaban J connectivity index is 1.92. The minimum absolute atomic E-state index is 0.0910. The van der Waals surface area contributed by atoms with Gasteiger partial charge in [0.15, 0.2) is 11.5 Å². The predicted molar refractivity (Wildman–Crippen MR) is 55.8 cm³/mol. The van der Waals surface area contributed by atoms with Gasteiger partial charge in [-0.05, 0) is 25.0 Å². The van der Waals surface area contributed by atoms with E-state index in [1.54, 1.807) is 0 Å². The fourth-order valence-corrected chi connectivity index (χ4v) is 1.61. The van der Waals surface area contributed by atoms with Crippen LogP contribution in [0.1, 0.15) is 19.3 Å². The van der Waals surface area contributed by atoms with Crippen LogP contribution in [0.3, 0.4) is 0 Å². The average molecular weight is 203 g/mol. The molecule has 0 spiro atoms. The summed E-state index contributed by atoms with van der Waals surface area (Å²) in [6, 6.07) is 9.80. The summed E-state index contributed by atoms with van der Waals surface area (Å²) in [6.45, 7) is 0.586. The Hall–Kier alpha value is -1.69. The van der Waals surface area contributed by atoms with Crippen molar-refractivity contribution in [2.45, 2.75) is 25.4 Å². The topological polar surface area (TPSA) is 42.2 Å². The Morgan fingerprint density at radius 1 is 1.33 bits per heavy atom. The first-order chi connectivity index (χ1) is 7.40. The van der Waals surface area contributed by atoms with Gasteiger partial charge in [-0.2, -0.15) is 5.26 Å². The minimum atomic E-state index is 0.0910. The standard InChI is InChI=1S/C12H13NO2/c13-8-4-3-5-10-9-14-11-6-1-2-7-12(11)15-10/h1-2,6-7,10H,3-5,9H2. The summed E-state index contributed by atoms with van der Waals surface area (Å²) >= 11 is 0. The second-order valence-electron chi connectivity index (χ2n) is 3.55. The van der Waals surface area contributed by atoms with Gasteiger partial charge in [0.25, 0.3) is 0 Å². The van der Waals surface area contributed by atoms with Crippen molar-refractivity contribution >= 4 is 0 Å². The Bertz CT molecular complexity index is 370. The third kappa shape index (κ3) is 2.41. The highest BCUT2D eigenvalue weighted by Crippen LogP contribution is 2.31. The van der Waals surface area contributed by atoms with Crippen LogP contribution in [0.4, 0.5) is 0 Å². The van der Waals surface area contributed by atoms with Crippen molar-refractivity contribution in [3.63, 3.8) is 0 Å². The maximum Gasteiger partial charge on any atom is 0.161 e. The normalized spacial score (nSPS) is 18.2. The number of rotatable bonds is 3. The minimum Gasteiger partial charge on any atom is -0.486 e. The van der Waals surface area contributed by atoms with E-state index >= 15 is 0 Å². The molecule has 1 heterocycles. The molecule has 0 bridgehead atoms. The van der Waals surface area contributed by atoms with Crippen molar-refractivity contribution in [3.05, 3.63) is 24.3 Å². The van der Waals surface area contributed by atoms with Gasteiger partial charge in [-0.1, -0.05) is 12.1 Å². The lowest BCUT2D eigenvalue weighted by Gasteiger charge is -2.26. The van der Waals surface area contributed by atoms with Crippen LogP contribution in [0.25, 0.3) is 0 Å². The van der Waals surface area contributed by atoms with E-state index in [-0.39, 0.29) is 6.10 Å². The van der Waals surface area contributed by atoms with E-state index in [2.05, 4.69) is 6.07 Å². The number of ether oxygens (including phenoxy) is 2. The largest absolute Gasteiger partial charge is 0.486 e. The van der Waals surface area contributed by atoms with Crippen LogP contribution < -0.4 is 9.47 Å². The molecule has 15 heavy (non-hydrogen) atoms. The quantitative estimate of drug-likeness (QED) is 0.709. The fourth-order valence-electron chi connectivity index (χ4n) is 1.61. The molecule has 1 aromatic rings. The van der Waals surface area contributed by atoms with E-state index in [0.29, 0.717) is 13.0 Å². The molecule has 3 nitrogen and oxygen atoms in total. The molecule has 1 atom stereocenters. The summed E-state index contributed by atoms with van der Waals surface area (Å²) in [6.07, 6.45) is 2.42. The zero-order valence-electron chi connectivity index (χ0n) is 8.48. The summed E-state index contributed by atoms with van der Waals surface area (Å²) in [7, 11) is 0. The SMILES string of the molecule is N#CCCCC1COc2ccccc2O1. The lowest BCUT2D eigenvalue weighted by molar-refractivity contribution is 0.0837. The van der Waals surface area contributed by atoms with E-state index in [4.69, 9.17) is 14.7 Å². The van der Waals surface area contributed by atoms with Gasteiger partial charge in [0, 0.05) is 6.42 Å². The molecule has 0 amide bonds. The lowest BCUT2D eigenvalue weighted by Crippen LogP contribution is -2.28. The van der Waals surface area contributed by atoms with Crippen LogP contribution in [-0.2, 0) is 0 Å². The molecular formula is C12H13NO2. The van der Waals surface area contributed by atoms with E-state index in [0.717, 1.165) is 24.3 Å². The Kier molecular flexibility index (Phi) is 3.08. The van der Waals surface area contributed by atoms with E-state index in [9.17, 15) is 0 Å². The summed E-state index contributed by atoms with van der Waals surface area (Å²) in [5, 5.41) is 8.43. The lowest BCUT2D eigenvalue weighted by atomic mass is 10.1. The van der Waals surface area contributed by atoms with Gasteiger partial charge in [0.1, 0.15) is 12.7 Å². The van der Waals surface area contributed by atoms with Crippen LogP contribution in [-0.4, -0.2) is 12.7 Å². The first-order valence-electron chi connectivity index (χ1n) is 5.15. The van der Waals surface area contributed by atoms with Crippen LogP contribution in [0, 0.1) is 11.3 Å². The Morgan fingerprint density at radius 3 is 2.93 bits per heavy atom. The first-order valence-corrected chi connectivity index (χ1v) is 5.15. The third-order valence-electron chi connectivity index (χ3n) is 2.38. The molecule has 0 radical (unpaired) electrons. The molecule has 0 aliphatic carbocycles. The molecule has 1 aromatic carbocycles. The molecule has 1 unspecified atom stereocenters.